The van der Waals surface area contributed by atoms with E-state index < -0.39 is 17.6 Å². The van der Waals surface area contributed by atoms with Crippen molar-refractivity contribution in [3.05, 3.63) is 47.0 Å². The molecule has 1 amide bonds. The van der Waals surface area contributed by atoms with E-state index in [2.05, 4.69) is 45.5 Å². The lowest BCUT2D eigenvalue weighted by Crippen LogP contribution is -2.35. The van der Waals surface area contributed by atoms with Gasteiger partial charge in [-0.15, -0.1) is 11.3 Å². The molecule has 8 heteroatoms. The number of carbonyl (C=O) groups excluding carboxylic acids is 2. The molecule has 1 atom stereocenters. The number of aromatic nitrogens is 1. The van der Waals surface area contributed by atoms with Crippen LogP contribution in [0.5, 0.6) is 0 Å². The molecule has 1 aromatic heterocycles. The van der Waals surface area contributed by atoms with E-state index in [1.807, 2.05) is 5.38 Å². The summed E-state index contributed by atoms with van der Waals surface area (Å²) in [5, 5.41) is 4.88. The van der Waals surface area contributed by atoms with Gasteiger partial charge in [0.1, 0.15) is 11.5 Å². The molecule has 0 bridgehead atoms. The van der Waals surface area contributed by atoms with E-state index >= 15 is 0 Å². The summed E-state index contributed by atoms with van der Waals surface area (Å²) in [5.74, 6) is -0.128. The van der Waals surface area contributed by atoms with Gasteiger partial charge in [0.2, 0.25) is 0 Å². The molecule has 1 aromatic carbocycles. The first kappa shape index (κ1) is 25.2. The van der Waals surface area contributed by atoms with Gasteiger partial charge in [-0.2, -0.15) is 0 Å². The van der Waals surface area contributed by atoms with Crippen LogP contribution >= 0.6 is 11.3 Å². The van der Waals surface area contributed by atoms with Crippen molar-refractivity contribution in [2.24, 2.45) is 0 Å². The second-order valence-corrected chi connectivity index (χ2v) is 10.2. The third kappa shape index (κ3) is 7.82. The Kier molecular flexibility index (Phi) is 8.86. The molecule has 1 saturated heterocycles. The maximum Gasteiger partial charge on any atom is 0.413 e. The first-order chi connectivity index (χ1) is 15.7. The molecule has 180 valence electrons. The number of hydrogen-bond acceptors (Lipinski definition) is 7. The minimum atomic E-state index is -0.592. The Morgan fingerprint density at radius 3 is 2.55 bits per heavy atom. The van der Waals surface area contributed by atoms with Crippen LogP contribution in [0.1, 0.15) is 70.1 Å². The molecule has 1 aliphatic heterocycles. The van der Waals surface area contributed by atoms with Crippen LogP contribution in [0.25, 0.3) is 0 Å². The second kappa shape index (κ2) is 11.6. The lowest BCUT2D eigenvalue weighted by atomic mass is 9.89. The molecule has 7 nitrogen and oxygen atoms in total. The second-order valence-electron chi connectivity index (χ2n) is 9.32. The molecule has 0 spiro atoms. The zero-order valence-corrected chi connectivity index (χ0v) is 20.8. The van der Waals surface area contributed by atoms with Crippen LogP contribution in [-0.2, 0) is 14.3 Å². The zero-order valence-electron chi connectivity index (χ0n) is 20.0. The summed E-state index contributed by atoms with van der Waals surface area (Å²) in [6, 6.07) is 10.7. The lowest BCUT2D eigenvalue weighted by molar-refractivity contribution is -0.145. The van der Waals surface area contributed by atoms with Gasteiger partial charge in [0, 0.05) is 5.38 Å². The predicted molar refractivity (Wildman–Crippen MR) is 131 cm³/mol. The SMILES string of the molecule is CCOC(=O)C(CCN1CCC(c2ccccc2)CC1)c1csc(NC(=O)OC(C)(C)C)n1. The first-order valence-electron chi connectivity index (χ1n) is 11.6. The maximum absolute atomic E-state index is 12.7. The Balaban J connectivity index is 1.57. The number of hydrogen-bond donors (Lipinski definition) is 1. The van der Waals surface area contributed by atoms with Crippen molar-refractivity contribution in [2.45, 2.75) is 64.4 Å². The number of ether oxygens (including phenoxy) is 2. The molecule has 0 saturated carbocycles. The molecule has 1 fully saturated rings. The fourth-order valence-electron chi connectivity index (χ4n) is 4.05. The molecular weight excluding hydrogens is 438 g/mol. The van der Waals surface area contributed by atoms with Gasteiger partial charge in [0.05, 0.1) is 12.3 Å². The normalized spacial score (nSPS) is 16.2. The molecule has 33 heavy (non-hydrogen) atoms. The number of nitrogens with one attached hydrogen (secondary N) is 1. The fourth-order valence-corrected chi connectivity index (χ4v) is 4.80. The summed E-state index contributed by atoms with van der Waals surface area (Å²) < 4.78 is 10.6. The average Bonchev–Trinajstić information content (AvgIpc) is 3.21. The third-order valence-electron chi connectivity index (χ3n) is 5.65. The van der Waals surface area contributed by atoms with Gasteiger partial charge in [-0.25, -0.2) is 9.78 Å². The number of nitrogens with zero attached hydrogens (tertiary/aromatic N) is 2. The van der Waals surface area contributed by atoms with Gasteiger partial charge in [-0.05, 0) is 78.1 Å². The highest BCUT2D eigenvalue weighted by Gasteiger charge is 2.28. The molecular formula is C25H35N3O4S. The average molecular weight is 474 g/mol. The molecule has 1 N–H and O–H groups in total. The van der Waals surface area contributed by atoms with Gasteiger partial charge >= 0.3 is 12.1 Å². The van der Waals surface area contributed by atoms with Crippen LogP contribution in [-0.4, -0.2) is 53.8 Å². The standard InChI is InChI=1S/C25H35N3O4S/c1-5-31-22(29)20(21-17-33-23(26-21)27-24(30)32-25(2,3)4)13-16-28-14-11-19(12-15-28)18-9-7-6-8-10-18/h6-10,17,19-20H,5,11-16H2,1-4H3,(H,26,27,30). The minimum absolute atomic E-state index is 0.272. The Bertz CT molecular complexity index is 902. The Labute approximate surface area is 200 Å². The van der Waals surface area contributed by atoms with E-state index in [4.69, 9.17) is 9.47 Å². The summed E-state index contributed by atoms with van der Waals surface area (Å²) in [6.45, 7) is 10.4. The van der Waals surface area contributed by atoms with E-state index in [9.17, 15) is 9.59 Å². The van der Waals surface area contributed by atoms with Crippen LogP contribution < -0.4 is 5.32 Å². The van der Waals surface area contributed by atoms with Crippen LogP contribution in [0, 0.1) is 0 Å². The highest BCUT2D eigenvalue weighted by atomic mass is 32.1. The van der Waals surface area contributed by atoms with Gasteiger partial charge in [0.15, 0.2) is 5.13 Å². The Hall–Kier alpha value is -2.45. The third-order valence-corrected chi connectivity index (χ3v) is 6.43. The van der Waals surface area contributed by atoms with Crippen LogP contribution in [0.15, 0.2) is 35.7 Å². The van der Waals surface area contributed by atoms with Gasteiger partial charge in [-0.3, -0.25) is 10.1 Å². The monoisotopic (exact) mass is 473 g/mol. The zero-order chi connectivity index (χ0) is 23.8. The first-order valence-corrected chi connectivity index (χ1v) is 12.5. The van der Waals surface area contributed by atoms with Crippen molar-refractivity contribution < 1.29 is 19.1 Å². The topological polar surface area (TPSA) is 80.8 Å². The van der Waals surface area contributed by atoms with E-state index in [0.29, 0.717) is 29.8 Å². The number of likely N-dealkylation sites (tertiary alicyclic amines) is 1. The van der Waals surface area contributed by atoms with Crippen LogP contribution in [0.4, 0.5) is 9.93 Å². The molecule has 0 radical (unpaired) electrons. The number of benzene rings is 1. The number of esters is 1. The van der Waals surface area contributed by atoms with E-state index in [-0.39, 0.29) is 5.97 Å². The molecule has 1 aliphatic rings. The quantitative estimate of drug-likeness (QED) is 0.517. The van der Waals surface area contributed by atoms with Crippen molar-refractivity contribution in [3.63, 3.8) is 0 Å². The van der Waals surface area contributed by atoms with Gasteiger partial charge in [0.25, 0.3) is 0 Å². The number of anilines is 1. The predicted octanol–water partition coefficient (Wildman–Crippen LogP) is 5.41. The van der Waals surface area contributed by atoms with E-state index in [0.717, 1.165) is 32.5 Å². The van der Waals surface area contributed by atoms with Crippen molar-refractivity contribution in [1.82, 2.24) is 9.88 Å². The molecule has 2 aromatic rings. The van der Waals surface area contributed by atoms with Crippen molar-refractivity contribution in [1.29, 1.82) is 0 Å². The number of piperidine rings is 1. The largest absolute Gasteiger partial charge is 0.465 e. The molecule has 2 heterocycles. The van der Waals surface area contributed by atoms with Crippen LogP contribution in [0.2, 0.25) is 0 Å². The number of rotatable bonds is 8. The summed E-state index contributed by atoms with van der Waals surface area (Å²) in [6.07, 6.45) is 2.31. The number of carbonyl (C=O) groups is 2. The van der Waals surface area contributed by atoms with Crippen molar-refractivity contribution in [2.75, 3.05) is 31.6 Å². The van der Waals surface area contributed by atoms with Gasteiger partial charge in [-0.1, -0.05) is 30.3 Å². The smallest absolute Gasteiger partial charge is 0.413 e. The maximum atomic E-state index is 12.7. The van der Waals surface area contributed by atoms with Crippen molar-refractivity contribution >= 4 is 28.5 Å². The summed E-state index contributed by atoms with van der Waals surface area (Å²) >= 11 is 1.28. The van der Waals surface area contributed by atoms with Gasteiger partial charge < -0.3 is 14.4 Å². The van der Waals surface area contributed by atoms with E-state index in [1.54, 1.807) is 27.7 Å². The summed E-state index contributed by atoms with van der Waals surface area (Å²) in [5.41, 5.74) is 1.45. The van der Waals surface area contributed by atoms with Crippen molar-refractivity contribution in [3.8, 4) is 0 Å². The number of thiazole rings is 1. The highest BCUT2D eigenvalue weighted by Crippen LogP contribution is 2.30. The fraction of sp³-hybridized carbons (Fsp3) is 0.560. The molecule has 0 aliphatic carbocycles. The number of amides is 1. The Morgan fingerprint density at radius 2 is 1.91 bits per heavy atom. The summed E-state index contributed by atoms with van der Waals surface area (Å²) in [7, 11) is 0. The molecule has 3 rings (SSSR count). The highest BCUT2D eigenvalue weighted by molar-refractivity contribution is 7.13. The Morgan fingerprint density at radius 1 is 1.21 bits per heavy atom. The molecule has 1 unspecified atom stereocenters. The lowest BCUT2D eigenvalue weighted by Gasteiger charge is -2.32. The minimum Gasteiger partial charge on any atom is -0.465 e. The van der Waals surface area contributed by atoms with Crippen LogP contribution in [0.3, 0.4) is 0 Å². The van der Waals surface area contributed by atoms with E-state index in [1.165, 1.54) is 16.9 Å². The summed E-state index contributed by atoms with van der Waals surface area (Å²) in [4.78, 5) is 31.6.